The number of carbonyl (C=O) groups excluding carboxylic acids is 3. The average Bonchev–Trinajstić information content (AvgIpc) is 2.90. The monoisotopic (exact) mass is 572 g/mol. The highest BCUT2D eigenvalue weighted by Gasteiger charge is 2.41. The summed E-state index contributed by atoms with van der Waals surface area (Å²) in [4.78, 5) is 43.2. The molecule has 1 aliphatic carbocycles. The third kappa shape index (κ3) is 6.92. The molecule has 0 radical (unpaired) electrons. The largest absolute Gasteiger partial charge is 0.497 e. The Kier molecular flexibility index (Phi) is 8.88. The molecule has 0 aromatic heterocycles. The second-order valence-corrected chi connectivity index (χ2v) is 10.2. The molecule has 1 unspecified atom stereocenters. The van der Waals surface area contributed by atoms with Crippen LogP contribution in [-0.2, 0) is 4.79 Å². The van der Waals surface area contributed by atoms with Gasteiger partial charge < -0.3 is 26.4 Å². The number of carbonyl (C=O) groups is 3. The van der Waals surface area contributed by atoms with Crippen LogP contribution in [0.25, 0.3) is 0 Å². The molecule has 2 aromatic carbocycles. The average molecular weight is 573 g/mol. The summed E-state index contributed by atoms with van der Waals surface area (Å²) in [7, 11) is 1.57. The predicted molar refractivity (Wildman–Crippen MR) is 145 cm³/mol. The van der Waals surface area contributed by atoms with Crippen LogP contribution in [0.15, 0.2) is 53.0 Å². The number of nitrogens with two attached hydrogens (primary N) is 1. The molecule has 1 saturated carbocycles. The van der Waals surface area contributed by atoms with Crippen LogP contribution in [0, 0.1) is 0 Å². The summed E-state index contributed by atoms with van der Waals surface area (Å²) in [5, 5.41) is 8.77. The van der Waals surface area contributed by atoms with Crippen LogP contribution in [0.4, 0.5) is 21.0 Å². The Morgan fingerprint density at radius 3 is 2.14 bits per heavy atom. The Hall–Kier alpha value is -3.31. The van der Waals surface area contributed by atoms with Crippen molar-refractivity contribution in [3.8, 4) is 5.75 Å². The van der Waals surface area contributed by atoms with Gasteiger partial charge in [0.25, 0.3) is 5.91 Å². The zero-order valence-corrected chi connectivity index (χ0v) is 22.4. The van der Waals surface area contributed by atoms with Crippen molar-refractivity contribution in [3.63, 3.8) is 0 Å². The Bertz CT molecular complexity index is 1110. The number of ether oxygens (including phenoxy) is 1. The number of hydrogen-bond acceptors (Lipinski definition) is 5. The lowest BCUT2D eigenvalue weighted by molar-refractivity contribution is -0.132. The second-order valence-electron chi connectivity index (χ2n) is 9.33. The SMILES string of the molecule is COc1ccc(NC(=O)N2CCCN(C(=O)Nc3cccc(Br)c3)C2C(=O)NC2CCC(N)CC2)cc1. The molecule has 2 aliphatic rings. The van der Waals surface area contributed by atoms with E-state index in [4.69, 9.17) is 10.5 Å². The van der Waals surface area contributed by atoms with Crippen LogP contribution in [0.3, 0.4) is 0 Å². The number of benzene rings is 2. The fraction of sp³-hybridized carbons (Fsp3) is 0.423. The Labute approximate surface area is 225 Å². The number of hydrogen-bond donors (Lipinski definition) is 4. The molecule has 1 aliphatic heterocycles. The van der Waals surface area contributed by atoms with Gasteiger partial charge >= 0.3 is 12.1 Å². The number of nitrogens with one attached hydrogen (secondary N) is 3. The minimum Gasteiger partial charge on any atom is -0.497 e. The molecule has 2 fully saturated rings. The van der Waals surface area contributed by atoms with E-state index >= 15 is 0 Å². The van der Waals surface area contributed by atoms with E-state index in [0.717, 1.165) is 30.2 Å². The summed E-state index contributed by atoms with van der Waals surface area (Å²) >= 11 is 3.40. The van der Waals surface area contributed by atoms with Gasteiger partial charge in [0.2, 0.25) is 0 Å². The van der Waals surface area contributed by atoms with Gasteiger partial charge in [0.1, 0.15) is 5.75 Å². The Morgan fingerprint density at radius 1 is 0.919 bits per heavy atom. The first kappa shape index (κ1) is 26.7. The first-order valence-corrected chi connectivity index (χ1v) is 13.2. The lowest BCUT2D eigenvalue weighted by Gasteiger charge is -2.43. The molecule has 10 nitrogen and oxygen atoms in total. The Balaban J connectivity index is 1.54. The normalized spacial score (nSPS) is 21.6. The summed E-state index contributed by atoms with van der Waals surface area (Å²) in [6.45, 7) is 0.663. The molecular weight excluding hydrogens is 540 g/mol. The van der Waals surface area contributed by atoms with Crippen molar-refractivity contribution in [3.05, 3.63) is 53.0 Å². The zero-order valence-electron chi connectivity index (χ0n) is 20.8. The van der Waals surface area contributed by atoms with Crippen LogP contribution < -0.4 is 26.4 Å². The standard InChI is InChI=1S/C26H33BrN6O4/c1-37-22-12-10-20(11-13-22)30-25(35)32-14-3-15-33(26(36)31-21-5-2-4-17(27)16-21)24(32)23(34)29-19-8-6-18(28)7-9-19/h2,4-5,10-13,16,18-19,24H,3,6-9,14-15,28H2,1H3,(H,29,34)(H,30,35)(H,31,36). The maximum atomic E-state index is 13.6. The molecule has 5 amide bonds. The number of amides is 5. The fourth-order valence-electron chi connectivity index (χ4n) is 4.70. The minimum absolute atomic E-state index is 0.0456. The maximum Gasteiger partial charge on any atom is 0.323 e. The fourth-order valence-corrected chi connectivity index (χ4v) is 5.10. The number of urea groups is 2. The molecule has 1 saturated heterocycles. The molecule has 5 N–H and O–H groups in total. The number of halogens is 1. The van der Waals surface area contributed by atoms with Crippen molar-refractivity contribution in [1.82, 2.24) is 15.1 Å². The summed E-state index contributed by atoms with van der Waals surface area (Å²) in [6.07, 6.45) is 2.61. The molecule has 11 heteroatoms. The van der Waals surface area contributed by atoms with E-state index in [1.54, 1.807) is 43.5 Å². The molecule has 0 spiro atoms. The van der Waals surface area contributed by atoms with Crippen molar-refractivity contribution in [1.29, 1.82) is 0 Å². The first-order chi connectivity index (χ1) is 17.8. The van der Waals surface area contributed by atoms with Crippen molar-refractivity contribution in [2.45, 2.75) is 50.4 Å². The van der Waals surface area contributed by atoms with Crippen LogP contribution in [-0.4, -0.2) is 66.2 Å². The molecule has 1 heterocycles. The number of nitrogens with zero attached hydrogens (tertiary/aromatic N) is 2. The van der Waals surface area contributed by atoms with Gasteiger partial charge in [-0.3, -0.25) is 14.6 Å². The molecule has 37 heavy (non-hydrogen) atoms. The van der Waals surface area contributed by atoms with Gasteiger partial charge in [0.05, 0.1) is 7.11 Å². The van der Waals surface area contributed by atoms with Crippen molar-refractivity contribution in [2.24, 2.45) is 5.73 Å². The van der Waals surface area contributed by atoms with Crippen molar-refractivity contribution < 1.29 is 19.1 Å². The molecule has 0 bridgehead atoms. The van der Waals surface area contributed by atoms with E-state index in [0.29, 0.717) is 36.6 Å². The van der Waals surface area contributed by atoms with Gasteiger partial charge in [-0.25, -0.2) is 9.59 Å². The zero-order chi connectivity index (χ0) is 26.4. The van der Waals surface area contributed by atoms with E-state index < -0.39 is 18.2 Å². The lowest BCUT2D eigenvalue weighted by atomic mass is 9.92. The van der Waals surface area contributed by atoms with Gasteiger partial charge in [-0.05, 0) is 74.6 Å². The lowest BCUT2D eigenvalue weighted by Crippen LogP contribution is -2.65. The van der Waals surface area contributed by atoms with Gasteiger partial charge in [-0.1, -0.05) is 22.0 Å². The molecule has 198 valence electrons. The van der Waals surface area contributed by atoms with Gasteiger partial charge in [-0.2, -0.15) is 0 Å². The van der Waals surface area contributed by atoms with Crippen molar-refractivity contribution >= 4 is 45.3 Å². The van der Waals surface area contributed by atoms with E-state index in [1.807, 2.05) is 12.1 Å². The van der Waals surface area contributed by atoms with E-state index in [9.17, 15) is 14.4 Å². The van der Waals surface area contributed by atoms with Crippen LogP contribution in [0.2, 0.25) is 0 Å². The highest BCUT2D eigenvalue weighted by atomic mass is 79.9. The number of anilines is 2. The predicted octanol–water partition coefficient (Wildman–Crippen LogP) is 3.94. The molecule has 1 atom stereocenters. The smallest absolute Gasteiger partial charge is 0.323 e. The van der Waals surface area contributed by atoms with Gasteiger partial charge in [0.15, 0.2) is 6.17 Å². The quantitative estimate of drug-likeness (QED) is 0.431. The number of rotatable bonds is 5. The van der Waals surface area contributed by atoms with E-state index in [-0.39, 0.29) is 18.0 Å². The molecular formula is C26H33BrN6O4. The summed E-state index contributed by atoms with van der Waals surface area (Å²) in [6, 6.07) is 13.3. The van der Waals surface area contributed by atoms with Crippen LogP contribution in [0.1, 0.15) is 32.1 Å². The Morgan fingerprint density at radius 2 is 1.54 bits per heavy atom. The van der Waals surface area contributed by atoms with E-state index in [2.05, 4.69) is 31.9 Å². The highest BCUT2D eigenvalue weighted by Crippen LogP contribution is 2.23. The maximum absolute atomic E-state index is 13.6. The molecule has 2 aromatic rings. The third-order valence-corrected chi connectivity index (χ3v) is 7.17. The van der Waals surface area contributed by atoms with Crippen molar-refractivity contribution in [2.75, 3.05) is 30.8 Å². The third-order valence-electron chi connectivity index (χ3n) is 6.68. The summed E-state index contributed by atoms with van der Waals surface area (Å²) in [5.41, 5.74) is 7.16. The number of methoxy groups -OCH3 is 1. The second kappa shape index (κ2) is 12.3. The van der Waals surface area contributed by atoms with Gasteiger partial charge in [0, 0.05) is 41.0 Å². The van der Waals surface area contributed by atoms with E-state index in [1.165, 1.54) is 9.80 Å². The van der Waals surface area contributed by atoms with Gasteiger partial charge in [-0.15, -0.1) is 0 Å². The topological polar surface area (TPSA) is 129 Å². The van der Waals surface area contributed by atoms with Crippen LogP contribution >= 0.6 is 15.9 Å². The summed E-state index contributed by atoms with van der Waals surface area (Å²) in [5.74, 6) is 0.283. The minimum atomic E-state index is -1.10. The highest BCUT2D eigenvalue weighted by molar-refractivity contribution is 9.10. The molecule has 4 rings (SSSR count). The van der Waals surface area contributed by atoms with Crippen LogP contribution in [0.5, 0.6) is 5.75 Å². The summed E-state index contributed by atoms with van der Waals surface area (Å²) < 4.78 is 5.99. The first-order valence-electron chi connectivity index (χ1n) is 12.4.